The highest BCUT2D eigenvalue weighted by atomic mass is 79.9. The highest BCUT2D eigenvalue weighted by Gasteiger charge is 2.08. The number of ether oxygens (including phenoxy) is 1. The van der Waals surface area contributed by atoms with Gasteiger partial charge in [-0.05, 0) is 37.3 Å². The van der Waals surface area contributed by atoms with Gasteiger partial charge in [-0.2, -0.15) is 0 Å². The molecule has 6 heteroatoms. The number of halogens is 1. The minimum atomic E-state index is -0.280. The molecule has 0 radical (unpaired) electrons. The second kappa shape index (κ2) is 7.19. The van der Waals surface area contributed by atoms with Crippen LogP contribution >= 0.6 is 15.9 Å². The molecule has 0 aliphatic rings. The van der Waals surface area contributed by atoms with Gasteiger partial charge in [0.25, 0.3) is 5.91 Å². The van der Waals surface area contributed by atoms with Crippen LogP contribution in [0.5, 0.6) is 5.75 Å². The van der Waals surface area contributed by atoms with E-state index in [9.17, 15) is 9.90 Å². The van der Waals surface area contributed by atoms with Crippen LogP contribution in [0.25, 0.3) is 0 Å². The van der Waals surface area contributed by atoms with Gasteiger partial charge in [0.15, 0.2) is 6.61 Å². The summed E-state index contributed by atoms with van der Waals surface area (Å²) in [6.07, 6.45) is 0. The molecular weight excluding hydrogens is 336 g/mol. The van der Waals surface area contributed by atoms with E-state index in [2.05, 4.69) is 26.2 Å². The van der Waals surface area contributed by atoms with E-state index in [0.29, 0.717) is 17.1 Å². The lowest BCUT2D eigenvalue weighted by molar-refractivity contribution is -0.118. The predicted molar refractivity (Wildman–Crippen MR) is 83.2 cm³/mol. The lowest BCUT2D eigenvalue weighted by Gasteiger charge is -2.10. The SMILES string of the molecule is Cc1ccc(OCC(=O)Nc2cccc(Br)c2)c(CO)n1. The van der Waals surface area contributed by atoms with Crippen molar-refractivity contribution in [3.63, 3.8) is 0 Å². The van der Waals surface area contributed by atoms with Crippen LogP contribution in [-0.4, -0.2) is 22.6 Å². The van der Waals surface area contributed by atoms with Gasteiger partial charge in [-0.1, -0.05) is 22.0 Å². The Morgan fingerprint density at radius 2 is 2.19 bits per heavy atom. The maximum atomic E-state index is 11.8. The van der Waals surface area contributed by atoms with Crippen LogP contribution in [0, 0.1) is 6.92 Å². The van der Waals surface area contributed by atoms with E-state index in [4.69, 9.17) is 4.74 Å². The van der Waals surface area contributed by atoms with Gasteiger partial charge in [-0.15, -0.1) is 0 Å². The third kappa shape index (κ3) is 4.54. The molecule has 1 aromatic heterocycles. The Labute approximate surface area is 131 Å². The highest BCUT2D eigenvalue weighted by molar-refractivity contribution is 9.10. The summed E-state index contributed by atoms with van der Waals surface area (Å²) >= 11 is 3.33. The summed E-state index contributed by atoms with van der Waals surface area (Å²) in [5.74, 6) is 0.130. The Bertz CT molecular complexity index is 647. The summed E-state index contributed by atoms with van der Waals surface area (Å²) in [4.78, 5) is 16.0. The van der Waals surface area contributed by atoms with Crippen molar-refractivity contribution < 1.29 is 14.6 Å². The number of hydrogen-bond acceptors (Lipinski definition) is 4. The van der Waals surface area contributed by atoms with Crippen molar-refractivity contribution in [1.29, 1.82) is 0 Å². The highest BCUT2D eigenvalue weighted by Crippen LogP contribution is 2.18. The average Bonchev–Trinajstić information content (AvgIpc) is 2.45. The maximum Gasteiger partial charge on any atom is 0.262 e. The molecule has 2 rings (SSSR count). The van der Waals surface area contributed by atoms with Crippen molar-refractivity contribution in [3.05, 3.63) is 52.3 Å². The van der Waals surface area contributed by atoms with E-state index in [0.717, 1.165) is 10.2 Å². The number of rotatable bonds is 5. The molecular formula is C15H15BrN2O3. The van der Waals surface area contributed by atoms with E-state index in [1.54, 1.807) is 24.3 Å². The topological polar surface area (TPSA) is 71.5 Å². The second-order valence-corrected chi connectivity index (χ2v) is 5.32. The molecule has 21 heavy (non-hydrogen) atoms. The fraction of sp³-hybridized carbons (Fsp3) is 0.200. The molecule has 1 aromatic carbocycles. The first-order valence-corrected chi connectivity index (χ1v) is 7.13. The van der Waals surface area contributed by atoms with Crippen LogP contribution in [0.3, 0.4) is 0 Å². The van der Waals surface area contributed by atoms with Crippen LogP contribution < -0.4 is 10.1 Å². The molecule has 110 valence electrons. The van der Waals surface area contributed by atoms with E-state index < -0.39 is 0 Å². The zero-order chi connectivity index (χ0) is 15.2. The molecule has 2 aromatic rings. The van der Waals surface area contributed by atoms with Gasteiger partial charge in [0.2, 0.25) is 0 Å². The summed E-state index contributed by atoms with van der Waals surface area (Å²) in [5.41, 5.74) is 1.89. The quantitative estimate of drug-likeness (QED) is 0.869. The van der Waals surface area contributed by atoms with Gasteiger partial charge in [0.05, 0.1) is 6.61 Å². The van der Waals surface area contributed by atoms with Crippen molar-refractivity contribution in [2.24, 2.45) is 0 Å². The molecule has 0 bridgehead atoms. The Hall–Kier alpha value is -1.92. The normalized spacial score (nSPS) is 10.2. The van der Waals surface area contributed by atoms with Gasteiger partial charge in [0.1, 0.15) is 11.4 Å². The van der Waals surface area contributed by atoms with Gasteiger partial charge < -0.3 is 15.2 Å². The van der Waals surface area contributed by atoms with Crippen LogP contribution in [0.4, 0.5) is 5.69 Å². The van der Waals surface area contributed by atoms with E-state index in [1.807, 2.05) is 19.1 Å². The van der Waals surface area contributed by atoms with Crippen molar-refractivity contribution in [3.8, 4) is 5.75 Å². The smallest absolute Gasteiger partial charge is 0.262 e. The van der Waals surface area contributed by atoms with Crippen LogP contribution in [0.15, 0.2) is 40.9 Å². The molecule has 0 atom stereocenters. The summed E-state index contributed by atoms with van der Waals surface area (Å²) in [6, 6.07) is 10.7. The van der Waals surface area contributed by atoms with Crippen LogP contribution in [0.1, 0.15) is 11.4 Å². The standard InChI is InChI=1S/C15H15BrN2O3/c1-10-5-6-14(13(8-19)17-10)21-9-15(20)18-12-4-2-3-11(16)7-12/h2-7,19H,8-9H2,1H3,(H,18,20). The number of nitrogens with zero attached hydrogens (tertiary/aromatic N) is 1. The lowest BCUT2D eigenvalue weighted by Crippen LogP contribution is -2.20. The van der Waals surface area contributed by atoms with Gasteiger partial charge in [-0.25, -0.2) is 0 Å². The zero-order valence-electron chi connectivity index (χ0n) is 11.5. The minimum absolute atomic E-state index is 0.149. The number of pyridine rings is 1. The van der Waals surface area contributed by atoms with Crippen molar-refractivity contribution in [2.75, 3.05) is 11.9 Å². The lowest BCUT2D eigenvalue weighted by atomic mass is 10.3. The zero-order valence-corrected chi connectivity index (χ0v) is 13.1. The number of aliphatic hydroxyl groups excluding tert-OH is 1. The Kier molecular flexibility index (Phi) is 5.30. The number of aryl methyl sites for hydroxylation is 1. The summed E-state index contributed by atoms with van der Waals surface area (Å²) in [5, 5.41) is 12.0. The number of anilines is 1. The van der Waals surface area contributed by atoms with E-state index >= 15 is 0 Å². The molecule has 0 spiro atoms. The fourth-order valence-corrected chi connectivity index (χ4v) is 2.15. The number of benzene rings is 1. The fourth-order valence-electron chi connectivity index (χ4n) is 1.75. The maximum absolute atomic E-state index is 11.8. The minimum Gasteiger partial charge on any atom is -0.482 e. The Morgan fingerprint density at radius 3 is 2.90 bits per heavy atom. The van der Waals surface area contributed by atoms with Crippen molar-refractivity contribution in [2.45, 2.75) is 13.5 Å². The number of aromatic nitrogens is 1. The number of carbonyl (C=O) groups excluding carboxylic acids is 1. The number of nitrogens with one attached hydrogen (secondary N) is 1. The molecule has 0 unspecified atom stereocenters. The molecule has 1 amide bonds. The van der Waals surface area contributed by atoms with Gasteiger partial charge in [-0.3, -0.25) is 9.78 Å². The first kappa shape index (κ1) is 15.5. The third-order valence-electron chi connectivity index (χ3n) is 2.69. The summed E-state index contributed by atoms with van der Waals surface area (Å²) in [6.45, 7) is 1.44. The molecule has 0 aliphatic heterocycles. The van der Waals surface area contributed by atoms with Crippen molar-refractivity contribution >= 4 is 27.5 Å². The number of carbonyl (C=O) groups is 1. The molecule has 1 heterocycles. The van der Waals surface area contributed by atoms with Crippen LogP contribution in [-0.2, 0) is 11.4 Å². The molecule has 0 saturated heterocycles. The Balaban J connectivity index is 1.95. The number of amides is 1. The molecule has 0 aliphatic carbocycles. The summed E-state index contributed by atoms with van der Waals surface area (Å²) < 4.78 is 6.28. The average molecular weight is 351 g/mol. The van der Waals surface area contributed by atoms with Gasteiger partial charge in [0, 0.05) is 15.9 Å². The molecule has 2 N–H and O–H groups in total. The van der Waals surface area contributed by atoms with Crippen LogP contribution in [0.2, 0.25) is 0 Å². The predicted octanol–water partition coefficient (Wildman–Crippen LogP) is 2.66. The molecule has 0 fully saturated rings. The van der Waals surface area contributed by atoms with Gasteiger partial charge >= 0.3 is 0 Å². The van der Waals surface area contributed by atoms with E-state index in [1.165, 1.54) is 0 Å². The first-order chi connectivity index (χ1) is 10.1. The molecule has 5 nitrogen and oxygen atoms in total. The second-order valence-electron chi connectivity index (χ2n) is 4.40. The van der Waals surface area contributed by atoms with E-state index in [-0.39, 0.29) is 19.1 Å². The Morgan fingerprint density at radius 1 is 1.38 bits per heavy atom. The number of hydrogen-bond donors (Lipinski definition) is 2. The largest absolute Gasteiger partial charge is 0.482 e. The monoisotopic (exact) mass is 350 g/mol. The summed E-state index contributed by atoms with van der Waals surface area (Å²) in [7, 11) is 0. The third-order valence-corrected chi connectivity index (χ3v) is 3.18. The van der Waals surface area contributed by atoms with Crippen molar-refractivity contribution in [1.82, 2.24) is 4.98 Å². The number of aliphatic hydroxyl groups is 1. The first-order valence-electron chi connectivity index (χ1n) is 6.34. The molecule has 0 saturated carbocycles.